The predicted octanol–water partition coefficient (Wildman–Crippen LogP) is 2.91. The van der Waals surface area contributed by atoms with Crippen LogP contribution in [-0.2, 0) is 9.47 Å². The molecule has 0 bridgehead atoms. The van der Waals surface area contributed by atoms with Crippen LogP contribution in [0.25, 0.3) is 0 Å². The minimum absolute atomic E-state index is 0.0224. The molecule has 0 spiro atoms. The van der Waals surface area contributed by atoms with E-state index in [0.29, 0.717) is 6.04 Å². The second kappa shape index (κ2) is 8.68. The van der Waals surface area contributed by atoms with Crippen LogP contribution < -0.4 is 5.32 Å². The standard InChI is InChI=1S/C15H29NO2/c1-4-5-6-7-8-9-14(16-2)15(17-3)10-12-18-13-11-15/h4,14,16H,1,5-13H2,2-3H3. The molecule has 0 saturated carbocycles. The first-order valence-electron chi connectivity index (χ1n) is 7.20. The summed E-state index contributed by atoms with van der Waals surface area (Å²) in [6.07, 6.45) is 10.1. The van der Waals surface area contributed by atoms with Gasteiger partial charge in [0.15, 0.2) is 0 Å². The SMILES string of the molecule is C=CCCCCCC(NC)C1(OC)CCOCC1. The second-order valence-electron chi connectivity index (χ2n) is 5.15. The van der Waals surface area contributed by atoms with Gasteiger partial charge < -0.3 is 14.8 Å². The molecule has 0 aromatic heterocycles. The maximum absolute atomic E-state index is 5.85. The topological polar surface area (TPSA) is 30.5 Å². The van der Waals surface area contributed by atoms with E-state index in [1.54, 1.807) is 0 Å². The van der Waals surface area contributed by atoms with Crippen LogP contribution in [-0.4, -0.2) is 39.0 Å². The Morgan fingerprint density at radius 2 is 2.06 bits per heavy atom. The number of ether oxygens (including phenoxy) is 2. The Kier molecular flexibility index (Phi) is 7.56. The Labute approximate surface area is 112 Å². The summed E-state index contributed by atoms with van der Waals surface area (Å²) >= 11 is 0. The molecule has 0 aromatic rings. The summed E-state index contributed by atoms with van der Waals surface area (Å²) in [6, 6.07) is 0.440. The Hall–Kier alpha value is -0.380. The molecule has 3 nitrogen and oxygen atoms in total. The number of unbranched alkanes of at least 4 members (excludes halogenated alkanes) is 3. The number of allylic oxidation sites excluding steroid dienone is 1. The lowest BCUT2D eigenvalue weighted by Gasteiger charge is -2.42. The smallest absolute Gasteiger partial charge is 0.0874 e. The van der Waals surface area contributed by atoms with Gasteiger partial charge in [0.2, 0.25) is 0 Å². The molecule has 1 heterocycles. The summed E-state index contributed by atoms with van der Waals surface area (Å²) in [5, 5.41) is 3.45. The highest BCUT2D eigenvalue weighted by atomic mass is 16.5. The van der Waals surface area contributed by atoms with E-state index in [2.05, 4.69) is 11.9 Å². The van der Waals surface area contributed by atoms with Gasteiger partial charge in [-0.3, -0.25) is 0 Å². The number of rotatable bonds is 9. The van der Waals surface area contributed by atoms with Crippen molar-refractivity contribution < 1.29 is 9.47 Å². The highest BCUT2D eigenvalue weighted by Gasteiger charge is 2.39. The lowest BCUT2D eigenvalue weighted by atomic mass is 9.83. The molecule has 1 aliphatic rings. The number of methoxy groups -OCH3 is 1. The molecule has 1 rings (SSSR count). The van der Waals surface area contributed by atoms with Crippen molar-refractivity contribution in [2.75, 3.05) is 27.4 Å². The first kappa shape index (κ1) is 15.7. The molecule has 0 aliphatic carbocycles. The zero-order valence-electron chi connectivity index (χ0n) is 12.0. The molecule has 1 saturated heterocycles. The first-order valence-corrected chi connectivity index (χ1v) is 7.20. The monoisotopic (exact) mass is 255 g/mol. The normalized spacial score (nSPS) is 20.6. The number of nitrogens with one attached hydrogen (secondary N) is 1. The molecule has 1 fully saturated rings. The fourth-order valence-corrected chi connectivity index (χ4v) is 2.90. The average molecular weight is 255 g/mol. The molecule has 1 atom stereocenters. The lowest BCUT2D eigenvalue weighted by Crippen LogP contribution is -2.54. The minimum Gasteiger partial charge on any atom is -0.381 e. The third-order valence-electron chi connectivity index (χ3n) is 4.13. The zero-order chi connectivity index (χ0) is 13.3. The molecule has 3 heteroatoms. The third kappa shape index (κ3) is 4.38. The molecule has 0 aromatic carbocycles. The largest absolute Gasteiger partial charge is 0.381 e. The van der Waals surface area contributed by atoms with E-state index in [0.717, 1.165) is 32.5 Å². The van der Waals surface area contributed by atoms with E-state index < -0.39 is 0 Å². The van der Waals surface area contributed by atoms with Crippen LogP contribution >= 0.6 is 0 Å². The Bertz CT molecular complexity index is 225. The molecular formula is C15H29NO2. The predicted molar refractivity (Wildman–Crippen MR) is 75.9 cm³/mol. The van der Waals surface area contributed by atoms with Crippen LogP contribution in [0.5, 0.6) is 0 Å². The highest BCUT2D eigenvalue weighted by Crippen LogP contribution is 2.30. The van der Waals surface area contributed by atoms with Crippen LogP contribution in [0.4, 0.5) is 0 Å². The van der Waals surface area contributed by atoms with Crippen LogP contribution in [0.15, 0.2) is 12.7 Å². The summed E-state index contributed by atoms with van der Waals surface area (Å²) in [5.41, 5.74) is -0.0224. The lowest BCUT2D eigenvalue weighted by molar-refractivity contribution is -0.110. The molecule has 0 amide bonds. The van der Waals surface area contributed by atoms with Crippen LogP contribution in [0.1, 0.15) is 44.9 Å². The minimum atomic E-state index is -0.0224. The molecule has 0 radical (unpaired) electrons. The molecule has 1 unspecified atom stereocenters. The van der Waals surface area contributed by atoms with Crippen molar-refractivity contribution in [2.24, 2.45) is 0 Å². The van der Waals surface area contributed by atoms with E-state index in [4.69, 9.17) is 9.47 Å². The second-order valence-corrected chi connectivity index (χ2v) is 5.15. The molecular weight excluding hydrogens is 226 g/mol. The Morgan fingerprint density at radius 3 is 2.61 bits per heavy atom. The summed E-state index contributed by atoms with van der Waals surface area (Å²) < 4.78 is 11.3. The fraction of sp³-hybridized carbons (Fsp3) is 0.867. The Balaban J connectivity index is 2.39. The van der Waals surface area contributed by atoms with Gasteiger partial charge in [-0.1, -0.05) is 18.9 Å². The molecule has 1 aliphatic heterocycles. The van der Waals surface area contributed by atoms with Gasteiger partial charge in [0.25, 0.3) is 0 Å². The maximum Gasteiger partial charge on any atom is 0.0874 e. The quantitative estimate of drug-likeness (QED) is 0.507. The van der Waals surface area contributed by atoms with Crippen molar-refractivity contribution in [3.05, 3.63) is 12.7 Å². The Morgan fingerprint density at radius 1 is 1.33 bits per heavy atom. The summed E-state index contributed by atoms with van der Waals surface area (Å²) in [6.45, 7) is 5.40. The van der Waals surface area contributed by atoms with Crippen LogP contribution in [0.2, 0.25) is 0 Å². The summed E-state index contributed by atoms with van der Waals surface area (Å²) in [4.78, 5) is 0. The number of hydrogen-bond donors (Lipinski definition) is 1. The first-order chi connectivity index (χ1) is 8.79. The zero-order valence-corrected chi connectivity index (χ0v) is 12.0. The van der Waals surface area contributed by atoms with Crippen molar-refractivity contribution in [3.63, 3.8) is 0 Å². The van der Waals surface area contributed by atoms with Gasteiger partial charge in [-0.05, 0) is 26.3 Å². The van der Waals surface area contributed by atoms with Crippen molar-refractivity contribution >= 4 is 0 Å². The van der Waals surface area contributed by atoms with Crippen LogP contribution in [0, 0.1) is 0 Å². The van der Waals surface area contributed by atoms with Gasteiger partial charge in [-0.15, -0.1) is 6.58 Å². The van der Waals surface area contributed by atoms with E-state index in [9.17, 15) is 0 Å². The summed E-state index contributed by atoms with van der Waals surface area (Å²) in [5.74, 6) is 0. The third-order valence-corrected chi connectivity index (χ3v) is 4.13. The molecule has 106 valence electrons. The van der Waals surface area contributed by atoms with Gasteiger partial charge in [-0.2, -0.15) is 0 Å². The summed E-state index contributed by atoms with van der Waals surface area (Å²) in [7, 11) is 3.89. The van der Waals surface area contributed by atoms with Gasteiger partial charge >= 0.3 is 0 Å². The van der Waals surface area contributed by atoms with E-state index in [1.165, 1.54) is 25.7 Å². The van der Waals surface area contributed by atoms with E-state index in [1.807, 2.05) is 20.2 Å². The highest BCUT2D eigenvalue weighted by molar-refractivity contribution is 4.94. The molecule has 1 N–H and O–H groups in total. The average Bonchev–Trinajstić information content (AvgIpc) is 2.43. The van der Waals surface area contributed by atoms with E-state index in [-0.39, 0.29) is 5.60 Å². The van der Waals surface area contributed by atoms with Crippen molar-refractivity contribution in [3.8, 4) is 0 Å². The van der Waals surface area contributed by atoms with Crippen molar-refractivity contribution in [2.45, 2.75) is 56.6 Å². The van der Waals surface area contributed by atoms with Gasteiger partial charge in [0, 0.05) is 39.2 Å². The van der Waals surface area contributed by atoms with Crippen LogP contribution in [0.3, 0.4) is 0 Å². The van der Waals surface area contributed by atoms with E-state index >= 15 is 0 Å². The fourth-order valence-electron chi connectivity index (χ4n) is 2.90. The van der Waals surface area contributed by atoms with Gasteiger partial charge in [0.1, 0.15) is 0 Å². The van der Waals surface area contributed by atoms with Crippen molar-refractivity contribution in [1.82, 2.24) is 5.32 Å². The molecule has 18 heavy (non-hydrogen) atoms. The number of hydrogen-bond acceptors (Lipinski definition) is 3. The van der Waals surface area contributed by atoms with Gasteiger partial charge in [0.05, 0.1) is 5.60 Å². The number of likely N-dealkylation sites (N-methyl/N-ethyl adjacent to an activating group) is 1. The maximum atomic E-state index is 5.85. The van der Waals surface area contributed by atoms with Gasteiger partial charge in [-0.25, -0.2) is 0 Å². The van der Waals surface area contributed by atoms with Crippen molar-refractivity contribution in [1.29, 1.82) is 0 Å².